The molecule has 2 rings (SSSR count). The molecule has 0 spiro atoms. The third kappa shape index (κ3) is 1.84. The fraction of sp³-hybridized carbons (Fsp3) is 0.333. The number of nitriles is 1. The molecule has 0 aromatic carbocycles. The molecule has 0 atom stereocenters. The Labute approximate surface area is 94.7 Å². The minimum Gasteiger partial charge on any atom is -0.333 e. The zero-order valence-corrected chi connectivity index (χ0v) is 9.51. The molecule has 4 nitrogen and oxygen atoms in total. The van der Waals surface area contributed by atoms with Gasteiger partial charge in [-0.15, -0.1) is 0 Å². The van der Waals surface area contributed by atoms with E-state index in [-0.39, 0.29) is 0 Å². The van der Waals surface area contributed by atoms with Gasteiger partial charge in [0.15, 0.2) is 0 Å². The highest BCUT2D eigenvalue weighted by atomic mass is 15.3. The highest BCUT2D eigenvalue weighted by molar-refractivity contribution is 5.23. The molecule has 0 radical (unpaired) electrons. The van der Waals surface area contributed by atoms with Gasteiger partial charge in [-0.25, -0.2) is 0 Å². The molecule has 0 bridgehead atoms. The van der Waals surface area contributed by atoms with Crippen molar-refractivity contribution in [2.24, 2.45) is 7.05 Å². The van der Waals surface area contributed by atoms with Gasteiger partial charge in [0.25, 0.3) is 0 Å². The lowest BCUT2D eigenvalue weighted by Crippen LogP contribution is -2.05. The second-order valence-corrected chi connectivity index (χ2v) is 3.74. The summed E-state index contributed by atoms with van der Waals surface area (Å²) in [4.78, 5) is 0. The number of aromatic nitrogens is 3. The lowest BCUT2D eigenvalue weighted by molar-refractivity contribution is 0.659. The van der Waals surface area contributed by atoms with Crippen LogP contribution < -0.4 is 0 Å². The van der Waals surface area contributed by atoms with Crippen LogP contribution in [0.4, 0.5) is 0 Å². The number of hydrogen-bond donors (Lipinski definition) is 0. The first-order chi connectivity index (χ1) is 7.74. The van der Waals surface area contributed by atoms with E-state index in [1.54, 1.807) is 0 Å². The lowest BCUT2D eigenvalue weighted by atomic mass is 10.3. The van der Waals surface area contributed by atoms with E-state index >= 15 is 0 Å². The zero-order chi connectivity index (χ0) is 11.5. The zero-order valence-electron chi connectivity index (χ0n) is 9.51. The first-order valence-corrected chi connectivity index (χ1v) is 5.31. The number of nitrogens with zero attached hydrogens (tertiary/aromatic N) is 4. The van der Waals surface area contributed by atoms with Crippen LogP contribution in [0.5, 0.6) is 0 Å². The fourth-order valence-electron chi connectivity index (χ4n) is 1.72. The van der Waals surface area contributed by atoms with Crippen LogP contribution in [0.2, 0.25) is 0 Å². The second-order valence-electron chi connectivity index (χ2n) is 3.74. The molecular formula is C12H14N4. The highest BCUT2D eigenvalue weighted by Gasteiger charge is 2.06. The van der Waals surface area contributed by atoms with Crippen LogP contribution in [0.15, 0.2) is 24.4 Å². The van der Waals surface area contributed by atoms with E-state index in [0.717, 1.165) is 17.8 Å². The maximum atomic E-state index is 8.91. The van der Waals surface area contributed by atoms with Crippen molar-refractivity contribution in [1.82, 2.24) is 14.3 Å². The van der Waals surface area contributed by atoms with Crippen molar-refractivity contribution < 1.29 is 0 Å². The molecule has 0 saturated carbocycles. The van der Waals surface area contributed by atoms with Crippen LogP contribution in [0, 0.1) is 11.3 Å². The van der Waals surface area contributed by atoms with Crippen molar-refractivity contribution in [1.29, 1.82) is 5.26 Å². The van der Waals surface area contributed by atoms with Gasteiger partial charge in [-0.2, -0.15) is 10.4 Å². The first-order valence-electron chi connectivity index (χ1n) is 5.31. The molecule has 82 valence electrons. The summed E-state index contributed by atoms with van der Waals surface area (Å²) in [5, 5.41) is 13.3. The minimum atomic E-state index is 0.680. The summed E-state index contributed by atoms with van der Waals surface area (Å²) in [5.74, 6) is 0. The summed E-state index contributed by atoms with van der Waals surface area (Å²) < 4.78 is 3.80. The van der Waals surface area contributed by atoms with Crippen LogP contribution in [0.25, 0.3) is 0 Å². The predicted octanol–water partition coefficient (Wildman–Crippen LogP) is 1.70. The Balaban J connectivity index is 2.27. The molecule has 0 saturated heterocycles. The second kappa shape index (κ2) is 4.23. The summed E-state index contributed by atoms with van der Waals surface area (Å²) in [6.45, 7) is 2.78. The van der Waals surface area contributed by atoms with Crippen LogP contribution in [-0.2, 0) is 20.0 Å². The van der Waals surface area contributed by atoms with E-state index in [9.17, 15) is 0 Å². The minimum absolute atomic E-state index is 0.680. The summed E-state index contributed by atoms with van der Waals surface area (Å²) in [6.07, 6.45) is 2.85. The predicted molar refractivity (Wildman–Crippen MR) is 60.8 cm³/mol. The smallest absolute Gasteiger partial charge is 0.120 e. The van der Waals surface area contributed by atoms with Crippen molar-refractivity contribution in [3.63, 3.8) is 0 Å². The standard InChI is InChI=1S/C12H14N4/c1-3-10-7-12(15(2)14-10)9-16-6-4-5-11(16)8-13/h4-7H,3,9H2,1-2H3. The van der Waals surface area contributed by atoms with Crippen molar-refractivity contribution in [3.8, 4) is 6.07 Å². The SMILES string of the molecule is CCc1cc(Cn2cccc2C#N)n(C)n1. The normalized spacial score (nSPS) is 10.3. The van der Waals surface area contributed by atoms with Gasteiger partial charge in [0.1, 0.15) is 11.8 Å². The number of aryl methyl sites for hydroxylation is 2. The average molecular weight is 214 g/mol. The first kappa shape index (κ1) is 10.5. The van der Waals surface area contributed by atoms with Crippen molar-refractivity contribution in [3.05, 3.63) is 41.5 Å². The third-order valence-corrected chi connectivity index (χ3v) is 2.67. The van der Waals surface area contributed by atoms with E-state index < -0.39 is 0 Å². The van der Waals surface area contributed by atoms with Crippen LogP contribution in [0.1, 0.15) is 24.0 Å². The van der Waals surface area contributed by atoms with Gasteiger partial charge in [-0.1, -0.05) is 6.92 Å². The summed E-state index contributed by atoms with van der Waals surface area (Å²) in [6, 6.07) is 7.95. The van der Waals surface area contributed by atoms with Crippen LogP contribution in [-0.4, -0.2) is 14.3 Å². The Morgan fingerprint density at radius 3 is 2.94 bits per heavy atom. The Kier molecular flexibility index (Phi) is 2.78. The Morgan fingerprint density at radius 2 is 2.31 bits per heavy atom. The van der Waals surface area contributed by atoms with Crippen molar-refractivity contribution in [2.45, 2.75) is 19.9 Å². The highest BCUT2D eigenvalue weighted by Crippen LogP contribution is 2.09. The maximum Gasteiger partial charge on any atom is 0.120 e. The summed E-state index contributed by atoms with van der Waals surface area (Å²) in [7, 11) is 1.93. The van der Waals surface area contributed by atoms with Gasteiger partial charge in [0, 0.05) is 13.2 Å². The van der Waals surface area contributed by atoms with Crippen molar-refractivity contribution in [2.75, 3.05) is 0 Å². The summed E-state index contributed by atoms with van der Waals surface area (Å²) in [5.41, 5.74) is 2.88. The van der Waals surface area contributed by atoms with Gasteiger partial charge >= 0.3 is 0 Å². The molecule has 0 aliphatic rings. The van der Waals surface area contributed by atoms with Crippen LogP contribution >= 0.6 is 0 Å². The van der Waals surface area contributed by atoms with E-state index in [1.807, 2.05) is 34.6 Å². The average Bonchev–Trinajstić information content (AvgIpc) is 2.86. The molecule has 2 aromatic rings. The molecular weight excluding hydrogens is 200 g/mol. The molecule has 4 heteroatoms. The molecule has 2 heterocycles. The number of rotatable bonds is 3. The molecule has 0 aliphatic carbocycles. The van der Waals surface area contributed by atoms with Gasteiger partial charge in [0.2, 0.25) is 0 Å². The van der Waals surface area contributed by atoms with Gasteiger partial charge in [-0.05, 0) is 24.6 Å². The molecule has 0 aliphatic heterocycles. The van der Waals surface area contributed by atoms with Gasteiger partial charge < -0.3 is 4.57 Å². The van der Waals surface area contributed by atoms with E-state index in [2.05, 4.69) is 24.2 Å². The van der Waals surface area contributed by atoms with Gasteiger partial charge in [0.05, 0.1) is 17.9 Å². The largest absolute Gasteiger partial charge is 0.333 e. The Hall–Kier alpha value is -2.02. The van der Waals surface area contributed by atoms with E-state index in [4.69, 9.17) is 5.26 Å². The molecule has 0 amide bonds. The van der Waals surface area contributed by atoms with Gasteiger partial charge in [-0.3, -0.25) is 4.68 Å². The monoisotopic (exact) mass is 214 g/mol. The maximum absolute atomic E-state index is 8.91. The topological polar surface area (TPSA) is 46.5 Å². The third-order valence-electron chi connectivity index (χ3n) is 2.67. The molecule has 2 aromatic heterocycles. The molecule has 0 N–H and O–H groups in total. The van der Waals surface area contributed by atoms with E-state index in [1.165, 1.54) is 0 Å². The fourth-order valence-corrected chi connectivity index (χ4v) is 1.72. The summed E-state index contributed by atoms with van der Waals surface area (Å²) >= 11 is 0. The quantitative estimate of drug-likeness (QED) is 0.780. The Morgan fingerprint density at radius 1 is 1.50 bits per heavy atom. The van der Waals surface area contributed by atoms with E-state index in [0.29, 0.717) is 12.2 Å². The molecule has 0 fully saturated rings. The Bertz CT molecular complexity index is 527. The lowest BCUT2D eigenvalue weighted by Gasteiger charge is -2.04. The molecule has 16 heavy (non-hydrogen) atoms. The van der Waals surface area contributed by atoms with Crippen LogP contribution in [0.3, 0.4) is 0 Å². The van der Waals surface area contributed by atoms with Crippen molar-refractivity contribution >= 4 is 0 Å². The number of hydrogen-bond acceptors (Lipinski definition) is 2. The molecule has 0 unspecified atom stereocenters.